The number of halogens is 1. The molecule has 0 saturated carbocycles. The number of rotatable bonds is 4. The van der Waals surface area contributed by atoms with E-state index in [2.05, 4.69) is 5.32 Å². The fraction of sp³-hybridized carbons (Fsp3) is 0.500. The van der Waals surface area contributed by atoms with Crippen molar-refractivity contribution < 1.29 is 4.39 Å². The van der Waals surface area contributed by atoms with E-state index in [1.54, 1.807) is 12.1 Å². The lowest BCUT2D eigenvalue weighted by Crippen LogP contribution is -2.26. The Balaban J connectivity index is 1.84. The Hall–Kier alpha value is -1.05. The van der Waals surface area contributed by atoms with Crippen molar-refractivity contribution in [3.05, 3.63) is 35.1 Å². The molecule has 0 aliphatic carbocycles. The summed E-state index contributed by atoms with van der Waals surface area (Å²) < 4.78 is 13.8. The normalized spacial score (nSPS) is 19.4. The minimum atomic E-state index is -0.385. The fourth-order valence-electron chi connectivity index (χ4n) is 2.14. The molecule has 1 aromatic rings. The summed E-state index contributed by atoms with van der Waals surface area (Å²) in [7, 11) is 0. The van der Waals surface area contributed by atoms with Gasteiger partial charge in [0.05, 0.1) is 5.56 Å². The zero-order valence-corrected chi connectivity index (χ0v) is 11.1. The molecule has 2 nitrogen and oxygen atoms in total. The molecule has 0 bridgehead atoms. The molecule has 1 N–H and O–H groups in total. The van der Waals surface area contributed by atoms with Gasteiger partial charge in [-0.2, -0.15) is 17.0 Å². The number of hydrogen-bond donors (Lipinski definition) is 1. The van der Waals surface area contributed by atoms with E-state index in [0.717, 1.165) is 6.54 Å². The van der Waals surface area contributed by atoms with Crippen LogP contribution in [-0.4, -0.2) is 17.5 Å². The molecule has 1 aromatic carbocycles. The molecule has 1 unspecified atom stereocenters. The van der Waals surface area contributed by atoms with Crippen LogP contribution in [0, 0.1) is 17.1 Å². The highest BCUT2D eigenvalue weighted by Gasteiger charge is 2.13. The lowest BCUT2D eigenvalue weighted by molar-refractivity contribution is 0.566. The highest BCUT2D eigenvalue weighted by molar-refractivity contribution is 7.99. The molecule has 0 amide bonds. The lowest BCUT2D eigenvalue weighted by atomic mass is 10.1. The van der Waals surface area contributed by atoms with Gasteiger partial charge in [0.25, 0.3) is 0 Å². The molecule has 0 spiro atoms. The third-order valence-corrected chi connectivity index (χ3v) is 4.56. The SMILES string of the molecule is N#Cc1cccc(CNCC2CCCCS2)c1F. The van der Waals surface area contributed by atoms with Crippen molar-refractivity contribution in [1.82, 2.24) is 5.32 Å². The van der Waals surface area contributed by atoms with Crippen molar-refractivity contribution in [3.8, 4) is 6.07 Å². The molecule has 4 heteroatoms. The van der Waals surface area contributed by atoms with Crippen molar-refractivity contribution in [2.75, 3.05) is 12.3 Å². The maximum absolute atomic E-state index is 13.8. The van der Waals surface area contributed by atoms with Crippen molar-refractivity contribution >= 4 is 11.8 Å². The number of nitrogens with one attached hydrogen (secondary N) is 1. The average molecular weight is 264 g/mol. The maximum atomic E-state index is 13.8. The molecule has 1 aliphatic rings. The second kappa shape index (κ2) is 6.77. The number of thioether (sulfide) groups is 1. The molecule has 0 radical (unpaired) electrons. The highest BCUT2D eigenvalue weighted by Crippen LogP contribution is 2.24. The van der Waals surface area contributed by atoms with Crippen LogP contribution in [0.4, 0.5) is 4.39 Å². The van der Waals surface area contributed by atoms with Crippen LogP contribution in [0.15, 0.2) is 18.2 Å². The summed E-state index contributed by atoms with van der Waals surface area (Å²) >= 11 is 2.00. The van der Waals surface area contributed by atoms with Crippen LogP contribution in [0.3, 0.4) is 0 Å². The summed E-state index contributed by atoms with van der Waals surface area (Å²) in [6.45, 7) is 1.42. The minimum Gasteiger partial charge on any atom is -0.311 e. The number of nitrogens with zero attached hydrogens (tertiary/aromatic N) is 1. The van der Waals surface area contributed by atoms with Gasteiger partial charge in [-0.05, 0) is 24.7 Å². The van der Waals surface area contributed by atoms with E-state index in [1.165, 1.54) is 31.1 Å². The molecule has 1 heterocycles. The van der Waals surface area contributed by atoms with Gasteiger partial charge in [-0.25, -0.2) is 4.39 Å². The largest absolute Gasteiger partial charge is 0.311 e. The van der Waals surface area contributed by atoms with Gasteiger partial charge in [-0.15, -0.1) is 0 Å². The van der Waals surface area contributed by atoms with Crippen LogP contribution < -0.4 is 5.32 Å². The molecule has 1 atom stereocenters. The Kier molecular flexibility index (Phi) is 5.03. The molecule has 1 fully saturated rings. The van der Waals surface area contributed by atoms with E-state index < -0.39 is 0 Å². The van der Waals surface area contributed by atoms with E-state index >= 15 is 0 Å². The van der Waals surface area contributed by atoms with E-state index in [0.29, 0.717) is 17.4 Å². The standard InChI is InChI=1S/C14H17FN2S/c15-14-11(8-16)4-3-5-12(14)9-17-10-13-6-1-2-7-18-13/h3-5,13,17H,1-2,6-7,9-10H2. The third-order valence-electron chi connectivity index (χ3n) is 3.16. The summed E-state index contributed by atoms with van der Waals surface area (Å²) in [5, 5.41) is 12.7. The molecule has 2 rings (SSSR count). The van der Waals surface area contributed by atoms with Crippen LogP contribution in [0.5, 0.6) is 0 Å². The van der Waals surface area contributed by atoms with Crippen molar-refractivity contribution in [2.24, 2.45) is 0 Å². The summed E-state index contributed by atoms with van der Waals surface area (Å²) in [5.74, 6) is 0.855. The monoisotopic (exact) mass is 264 g/mol. The Morgan fingerprint density at radius 3 is 3.06 bits per heavy atom. The second-order valence-electron chi connectivity index (χ2n) is 4.51. The van der Waals surface area contributed by atoms with Crippen molar-refractivity contribution in [2.45, 2.75) is 31.1 Å². The van der Waals surface area contributed by atoms with E-state index in [1.807, 2.05) is 17.8 Å². The molecule has 0 aromatic heterocycles. The lowest BCUT2D eigenvalue weighted by Gasteiger charge is -2.21. The molecule has 1 saturated heterocycles. The number of benzene rings is 1. The predicted octanol–water partition coefficient (Wildman–Crippen LogP) is 3.07. The topological polar surface area (TPSA) is 35.8 Å². The van der Waals surface area contributed by atoms with E-state index in [9.17, 15) is 4.39 Å². The highest BCUT2D eigenvalue weighted by atomic mass is 32.2. The summed E-state index contributed by atoms with van der Waals surface area (Å²) in [4.78, 5) is 0. The number of hydrogen-bond acceptors (Lipinski definition) is 3. The molecule has 1 aliphatic heterocycles. The van der Waals surface area contributed by atoms with Gasteiger partial charge in [-0.3, -0.25) is 0 Å². The van der Waals surface area contributed by atoms with Crippen LogP contribution in [0.1, 0.15) is 30.4 Å². The zero-order valence-electron chi connectivity index (χ0n) is 10.3. The fourth-order valence-corrected chi connectivity index (χ4v) is 3.41. The van der Waals surface area contributed by atoms with Gasteiger partial charge >= 0.3 is 0 Å². The molecule has 18 heavy (non-hydrogen) atoms. The third kappa shape index (κ3) is 3.47. The van der Waals surface area contributed by atoms with Crippen molar-refractivity contribution in [3.63, 3.8) is 0 Å². The Bertz CT molecular complexity index is 436. The Morgan fingerprint density at radius 2 is 2.33 bits per heavy atom. The van der Waals surface area contributed by atoms with Crippen LogP contribution in [0.2, 0.25) is 0 Å². The van der Waals surface area contributed by atoms with Gasteiger partial charge in [0.15, 0.2) is 0 Å². The second-order valence-corrected chi connectivity index (χ2v) is 5.92. The summed E-state index contributed by atoms with van der Waals surface area (Å²) in [6.07, 6.45) is 3.87. The van der Waals surface area contributed by atoms with E-state index in [4.69, 9.17) is 5.26 Å². The maximum Gasteiger partial charge on any atom is 0.145 e. The first-order valence-corrected chi connectivity index (χ1v) is 7.36. The first-order chi connectivity index (χ1) is 8.81. The predicted molar refractivity (Wildman–Crippen MR) is 72.9 cm³/mol. The van der Waals surface area contributed by atoms with Gasteiger partial charge in [0, 0.05) is 23.9 Å². The average Bonchev–Trinajstić information content (AvgIpc) is 2.42. The molecular weight excluding hydrogens is 247 g/mol. The smallest absolute Gasteiger partial charge is 0.145 e. The summed E-state index contributed by atoms with van der Waals surface area (Å²) in [5.41, 5.74) is 0.705. The van der Waals surface area contributed by atoms with Crippen LogP contribution in [0.25, 0.3) is 0 Å². The van der Waals surface area contributed by atoms with Gasteiger partial charge in [0.1, 0.15) is 11.9 Å². The first-order valence-electron chi connectivity index (χ1n) is 6.31. The Morgan fingerprint density at radius 1 is 1.44 bits per heavy atom. The molecule has 96 valence electrons. The van der Waals surface area contributed by atoms with Crippen LogP contribution in [-0.2, 0) is 6.54 Å². The summed E-state index contributed by atoms with van der Waals surface area (Å²) in [6, 6.07) is 6.84. The Labute approximate surface area is 112 Å². The van der Waals surface area contributed by atoms with E-state index in [-0.39, 0.29) is 11.4 Å². The minimum absolute atomic E-state index is 0.126. The van der Waals surface area contributed by atoms with Crippen molar-refractivity contribution in [1.29, 1.82) is 5.26 Å². The zero-order chi connectivity index (χ0) is 12.8. The van der Waals surface area contributed by atoms with Crippen LogP contribution >= 0.6 is 11.8 Å². The molecular formula is C14H17FN2S. The van der Waals surface area contributed by atoms with Gasteiger partial charge in [-0.1, -0.05) is 18.6 Å². The van der Waals surface area contributed by atoms with Gasteiger partial charge in [0.2, 0.25) is 0 Å². The van der Waals surface area contributed by atoms with Gasteiger partial charge < -0.3 is 5.32 Å². The quantitative estimate of drug-likeness (QED) is 0.908. The number of nitriles is 1. The first kappa shape index (κ1) is 13.4.